The first-order chi connectivity index (χ1) is 9.62. The van der Waals surface area contributed by atoms with E-state index in [-0.39, 0.29) is 17.4 Å². The second-order valence-electron chi connectivity index (χ2n) is 6.14. The Hall–Kier alpha value is -1.06. The number of hydrogen-bond donors (Lipinski definition) is 2. The standard InChI is InChI=1S/C16H21ClN2O/c1-11-5-8-18-10-14(11)19-15(20)16(6-7-16)12-3-2-4-13(17)9-12/h2-4,9,11,14,18H,5-8,10H2,1H3,(H,19,20). The Balaban J connectivity index is 1.73. The summed E-state index contributed by atoms with van der Waals surface area (Å²) in [6, 6.07) is 7.97. The number of carbonyl (C=O) groups is 1. The highest BCUT2D eigenvalue weighted by Crippen LogP contribution is 2.49. The van der Waals surface area contributed by atoms with Crippen molar-refractivity contribution in [3.63, 3.8) is 0 Å². The maximum Gasteiger partial charge on any atom is 0.230 e. The van der Waals surface area contributed by atoms with E-state index in [1.54, 1.807) is 0 Å². The van der Waals surface area contributed by atoms with E-state index < -0.39 is 0 Å². The van der Waals surface area contributed by atoms with Crippen LogP contribution >= 0.6 is 11.6 Å². The van der Waals surface area contributed by atoms with Crippen LogP contribution in [0.3, 0.4) is 0 Å². The van der Waals surface area contributed by atoms with Crippen LogP contribution in [-0.4, -0.2) is 25.0 Å². The molecule has 3 rings (SSSR count). The molecule has 4 heteroatoms. The van der Waals surface area contributed by atoms with Gasteiger partial charge in [0.15, 0.2) is 0 Å². The second-order valence-corrected chi connectivity index (χ2v) is 6.58. The molecule has 1 aromatic rings. The summed E-state index contributed by atoms with van der Waals surface area (Å²) in [4.78, 5) is 12.7. The molecule has 2 unspecified atom stereocenters. The fraction of sp³-hybridized carbons (Fsp3) is 0.562. The van der Waals surface area contributed by atoms with Crippen molar-refractivity contribution in [2.75, 3.05) is 13.1 Å². The molecule has 1 saturated heterocycles. The molecular formula is C16H21ClN2O. The molecule has 3 nitrogen and oxygen atoms in total. The summed E-state index contributed by atoms with van der Waals surface area (Å²) in [7, 11) is 0. The maximum atomic E-state index is 12.7. The molecule has 1 heterocycles. The molecule has 2 aliphatic rings. The molecule has 0 radical (unpaired) electrons. The zero-order chi connectivity index (χ0) is 14.2. The van der Waals surface area contributed by atoms with Crippen LogP contribution in [0.1, 0.15) is 31.7 Å². The van der Waals surface area contributed by atoms with Gasteiger partial charge in [0.2, 0.25) is 5.91 Å². The van der Waals surface area contributed by atoms with Gasteiger partial charge in [0.25, 0.3) is 0 Å². The number of nitrogens with one attached hydrogen (secondary N) is 2. The third-order valence-corrected chi connectivity index (χ3v) is 4.94. The zero-order valence-corrected chi connectivity index (χ0v) is 12.5. The molecule has 1 aliphatic carbocycles. The molecule has 2 N–H and O–H groups in total. The first-order valence-electron chi connectivity index (χ1n) is 7.39. The summed E-state index contributed by atoms with van der Waals surface area (Å²) in [6.07, 6.45) is 2.97. The van der Waals surface area contributed by atoms with Crippen molar-refractivity contribution < 1.29 is 4.79 Å². The van der Waals surface area contributed by atoms with Crippen LogP contribution < -0.4 is 10.6 Å². The van der Waals surface area contributed by atoms with Crippen molar-refractivity contribution in [1.82, 2.24) is 10.6 Å². The van der Waals surface area contributed by atoms with Crippen LogP contribution in [0.4, 0.5) is 0 Å². The van der Waals surface area contributed by atoms with Gasteiger partial charge < -0.3 is 10.6 Å². The van der Waals surface area contributed by atoms with E-state index in [0.717, 1.165) is 37.9 Å². The highest BCUT2D eigenvalue weighted by molar-refractivity contribution is 6.30. The van der Waals surface area contributed by atoms with Crippen LogP contribution in [0.25, 0.3) is 0 Å². The molecule has 1 aromatic carbocycles. The molecule has 20 heavy (non-hydrogen) atoms. The summed E-state index contributed by atoms with van der Waals surface area (Å²) in [6.45, 7) is 4.14. The van der Waals surface area contributed by atoms with Crippen LogP contribution in [0.5, 0.6) is 0 Å². The Morgan fingerprint density at radius 1 is 1.45 bits per heavy atom. The molecule has 2 fully saturated rings. The van der Waals surface area contributed by atoms with Crippen molar-refractivity contribution in [1.29, 1.82) is 0 Å². The number of hydrogen-bond acceptors (Lipinski definition) is 2. The number of benzene rings is 1. The lowest BCUT2D eigenvalue weighted by Crippen LogP contribution is -2.52. The summed E-state index contributed by atoms with van der Waals surface area (Å²) in [5.41, 5.74) is 0.723. The summed E-state index contributed by atoms with van der Waals surface area (Å²) < 4.78 is 0. The van der Waals surface area contributed by atoms with E-state index in [4.69, 9.17) is 11.6 Å². The van der Waals surface area contributed by atoms with Gasteiger partial charge in [-0.2, -0.15) is 0 Å². The van der Waals surface area contributed by atoms with Crippen molar-refractivity contribution in [2.45, 2.75) is 37.6 Å². The highest BCUT2D eigenvalue weighted by Gasteiger charge is 2.51. The van der Waals surface area contributed by atoms with E-state index in [9.17, 15) is 4.79 Å². The van der Waals surface area contributed by atoms with Gasteiger partial charge in [0, 0.05) is 17.6 Å². The predicted octanol–water partition coefficient (Wildman–Crippen LogP) is 2.49. The third kappa shape index (κ3) is 2.57. The normalized spacial score (nSPS) is 27.9. The monoisotopic (exact) mass is 292 g/mol. The summed E-state index contributed by atoms with van der Waals surface area (Å²) in [5.74, 6) is 0.704. The van der Waals surface area contributed by atoms with E-state index in [0.29, 0.717) is 10.9 Å². The lowest BCUT2D eigenvalue weighted by molar-refractivity contribution is -0.124. The molecule has 1 saturated carbocycles. The Labute approximate surface area is 125 Å². The molecule has 0 aromatic heterocycles. The molecule has 0 spiro atoms. The first-order valence-corrected chi connectivity index (χ1v) is 7.77. The van der Waals surface area contributed by atoms with Crippen LogP contribution in [0.15, 0.2) is 24.3 Å². The van der Waals surface area contributed by atoms with Gasteiger partial charge in [-0.3, -0.25) is 4.79 Å². The van der Waals surface area contributed by atoms with E-state index >= 15 is 0 Å². The Morgan fingerprint density at radius 2 is 2.25 bits per heavy atom. The first kappa shape index (κ1) is 13.9. The quantitative estimate of drug-likeness (QED) is 0.899. The second kappa shape index (κ2) is 5.38. The van der Waals surface area contributed by atoms with Crippen molar-refractivity contribution in [3.8, 4) is 0 Å². The van der Waals surface area contributed by atoms with Gasteiger partial charge in [0.1, 0.15) is 0 Å². The molecule has 1 amide bonds. The summed E-state index contributed by atoms with van der Waals surface area (Å²) >= 11 is 6.06. The van der Waals surface area contributed by atoms with Crippen LogP contribution in [-0.2, 0) is 10.2 Å². The smallest absolute Gasteiger partial charge is 0.230 e. The Morgan fingerprint density at radius 3 is 2.90 bits per heavy atom. The average Bonchev–Trinajstić information content (AvgIpc) is 3.23. The van der Waals surface area contributed by atoms with Gasteiger partial charge in [-0.25, -0.2) is 0 Å². The van der Waals surface area contributed by atoms with Crippen LogP contribution in [0.2, 0.25) is 5.02 Å². The van der Waals surface area contributed by atoms with Crippen molar-refractivity contribution in [3.05, 3.63) is 34.9 Å². The molecule has 2 atom stereocenters. The molecular weight excluding hydrogens is 272 g/mol. The SMILES string of the molecule is CC1CCNCC1NC(=O)C1(c2cccc(Cl)c2)CC1. The number of carbonyl (C=O) groups excluding carboxylic acids is 1. The van der Waals surface area contributed by atoms with Crippen molar-refractivity contribution >= 4 is 17.5 Å². The van der Waals surface area contributed by atoms with Gasteiger partial charge in [-0.1, -0.05) is 30.7 Å². The molecule has 108 valence electrons. The minimum atomic E-state index is -0.331. The number of rotatable bonds is 3. The largest absolute Gasteiger partial charge is 0.351 e. The highest BCUT2D eigenvalue weighted by atomic mass is 35.5. The van der Waals surface area contributed by atoms with Crippen LogP contribution in [0, 0.1) is 5.92 Å². The fourth-order valence-electron chi connectivity index (χ4n) is 3.05. The molecule has 1 aliphatic heterocycles. The maximum absolute atomic E-state index is 12.7. The minimum absolute atomic E-state index is 0.167. The zero-order valence-electron chi connectivity index (χ0n) is 11.8. The van der Waals surface area contributed by atoms with Gasteiger partial charge in [-0.15, -0.1) is 0 Å². The van der Waals surface area contributed by atoms with Gasteiger partial charge >= 0.3 is 0 Å². The predicted molar refractivity (Wildman–Crippen MR) is 80.9 cm³/mol. The lowest BCUT2D eigenvalue weighted by atomic mass is 9.91. The van der Waals surface area contributed by atoms with Gasteiger partial charge in [0.05, 0.1) is 5.41 Å². The number of halogens is 1. The topological polar surface area (TPSA) is 41.1 Å². The van der Waals surface area contributed by atoms with E-state index in [1.807, 2.05) is 24.3 Å². The minimum Gasteiger partial charge on any atom is -0.351 e. The average molecular weight is 293 g/mol. The summed E-state index contributed by atoms with van der Waals surface area (Å²) in [5, 5.41) is 7.30. The van der Waals surface area contributed by atoms with Crippen molar-refractivity contribution in [2.24, 2.45) is 5.92 Å². The lowest BCUT2D eigenvalue weighted by Gasteiger charge is -2.31. The van der Waals surface area contributed by atoms with E-state index in [1.165, 1.54) is 0 Å². The van der Waals surface area contributed by atoms with Gasteiger partial charge in [-0.05, 0) is 49.4 Å². The Bertz CT molecular complexity index is 513. The third-order valence-electron chi connectivity index (χ3n) is 4.71. The Kier molecular flexibility index (Phi) is 3.74. The molecule has 0 bridgehead atoms. The number of amides is 1. The fourth-order valence-corrected chi connectivity index (χ4v) is 3.24. The van der Waals surface area contributed by atoms with E-state index in [2.05, 4.69) is 17.6 Å². The number of piperidine rings is 1.